The van der Waals surface area contributed by atoms with E-state index in [0.717, 1.165) is 25.6 Å². The highest BCUT2D eigenvalue weighted by Crippen LogP contribution is 2.44. The molecule has 0 aromatic heterocycles. The van der Waals surface area contributed by atoms with Crippen LogP contribution < -0.4 is 5.32 Å². The van der Waals surface area contributed by atoms with Crippen LogP contribution in [0.2, 0.25) is 0 Å². The van der Waals surface area contributed by atoms with E-state index >= 15 is 0 Å². The molecule has 0 aromatic carbocycles. The van der Waals surface area contributed by atoms with Gasteiger partial charge in [0, 0.05) is 31.7 Å². The summed E-state index contributed by atoms with van der Waals surface area (Å²) in [6.07, 6.45) is 8.29. The van der Waals surface area contributed by atoms with Crippen molar-refractivity contribution in [1.82, 2.24) is 5.32 Å². The van der Waals surface area contributed by atoms with E-state index in [1.165, 1.54) is 45.2 Å². The maximum atomic E-state index is 5.65. The van der Waals surface area contributed by atoms with Crippen molar-refractivity contribution >= 4 is 0 Å². The third-order valence-corrected chi connectivity index (χ3v) is 4.27. The fraction of sp³-hybridized carbons (Fsp3) is 1.00. The quantitative estimate of drug-likeness (QED) is 0.682. The van der Waals surface area contributed by atoms with Gasteiger partial charge >= 0.3 is 0 Å². The lowest BCUT2D eigenvalue weighted by Gasteiger charge is -2.47. The Labute approximate surface area is 93.8 Å². The Morgan fingerprint density at radius 3 is 2.47 bits per heavy atom. The first-order chi connectivity index (χ1) is 7.37. The Bertz CT molecular complexity index is 183. The standard InChI is InChI=1S/C13H25NO/c1-2-8-15-9-7-13(10-14-11-13)12-5-3-4-6-12/h12,14H,2-11H2,1H3. The van der Waals surface area contributed by atoms with Crippen molar-refractivity contribution in [1.29, 1.82) is 0 Å². The van der Waals surface area contributed by atoms with Crippen LogP contribution in [0.3, 0.4) is 0 Å². The minimum Gasteiger partial charge on any atom is -0.381 e. The van der Waals surface area contributed by atoms with Crippen LogP contribution in [-0.2, 0) is 4.74 Å². The third-order valence-electron chi connectivity index (χ3n) is 4.27. The van der Waals surface area contributed by atoms with E-state index in [1.54, 1.807) is 0 Å². The molecule has 0 aromatic rings. The van der Waals surface area contributed by atoms with Crippen LogP contribution in [0.4, 0.5) is 0 Å². The van der Waals surface area contributed by atoms with Gasteiger partial charge in [0.05, 0.1) is 0 Å². The minimum absolute atomic E-state index is 0.615. The summed E-state index contributed by atoms with van der Waals surface area (Å²) >= 11 is 0. The van der Waals surface area contributed by atoms with Gasteiger partial charge in [-0.2, -0.15) is 0 Å². The molecule has 1 saturated carbocycles. The van der Waals surface area contributed by atoms with Gasteiger partial charge in [-0.3, -0.25) is 0 Å². The highest BCUT2D eigenvalue weighted by molar-refractivity contribution is 4.98. The highest BCUT2D eigenvalue weighted by Gasteiger charge is 2.44. The Hall–Kier alpha value is -0.0800. The molecule has 1 aliphatic carbocycles. The van der Waals surface area contributed by atoms with Gasteiger partial charge in [-0.05, 0) is 31.6 Å². The average molecular weight is 211 g/mol. The monoisotopic (exact) mass is 211 g/mol. The second-order valence-electron chi connectivity index (χ2n) is 5.31. The largest absolute Gasteiger partial charge is 0.381 e. The molecule has 2 rings (SSSR count). The summed E-state index contributed by atoms with van der Waals surface area (Å²) in [6, 6.07) is 0. The molecule has 0 atom stereocenters. The van der Waals surface area contributed by atoms with Crippen LogP contribution in [0.5, 0.6) is 0 Å². The molecule has 1 saturated heterocycles. The Kier molecular flexibility index (Phi) is 4.04. The van der Waals surface area contributed by atoms with Gasteiger partial charge in [-0.25, -0.2) is 0 Å². The van der Waals surface area contributed by atoms with Gasteiger partial charge in [0.2, 0.25) is 0 Å². The van der Waals surface area contributed by atoms with Crippen LogP contribution in [0.15, 0.2) is 0 Å². The highest BCUT2D eigenvalue weighted by atomic mass is 16.5. The van der Waals surface area contributed by atoms with Crippen LogP contribution in [-0.4, -0.2) is 26.3 Å². The van der Waals surface area contributed by atoms with E-state index in [0.29, 0.717) is 5.41 Å². The SMILES string of the molecule is CCCOCCC1(C2CCCC2)CNC1. The molecular weight excluding hydrogens is 186 g/mol. The molecule has 2 heteroatoms. The second-order valence-corrected chi connectivity index (χ2v) is 5.31. The number of ether oxygens (including phenoxy) is 1. The number of hydrogen-bond donors (Lipinski definition) is 1. The first kappa shape index (κ1) is 11.4. The summed E-state index contributed by atoms with van der Waals surface area (Å²) in [6.45, 7) is 6.58. The lowest BCUT2D eigenvalue weighted by Crippen LogP contribution is -2.57. The van der Waals surface area contributed by atoms with Gasteiger partial charge in [0.1, 0.15) is 0 Å². The van der Waals surface area contributed by atoms with Crippen LogP contribution in [0.25, 0.3) is 0 Å². The fourth-order valence-electron chi connectivity index (χ4n) is 3.18. The zero-order chi connectivity index (χ0) is 10.6. The average Bonchev–Trinajstić information content (AvgIpc) is 2.69. The Morgan fingerprint density at radius 2 is 1.93 bits per heavy atom. The Balaban J connectivity index is 1.75. The molecule has 1 heterocycles. The molecule has 0 bridgehead atoms. The van der Waals surface area contributed by atoms with Crippen molar-refractivity contribution in [3.05, 3.63) is 0 Å². The van der Waals surface area contributed by atoms with Crippen molar-refractivity contribution in [3.8, 4) is 0 Å². The molecule has 88 valence electrons. The number of nitrogens with one attached hydrogen (secondary N) is 1. The summed E-state index contributed by atoms with van der Waals surface area (Å²) in [5.74, 6) is 0.990. The van der Waals surface area contributed by atoms with Crippen molar-refractivity contribution in [3.63, 3.8) is 0 Å². The molecule has 2 aliphatic rings. The molecule has 0 unspecified atom stereocenters. The van der Waals surface area contributed by atoms with Gasteiger partial charge < -0.3 is 10.1 Å². The minimum atomic E-state index is 0.615. The molecule has 15 heavy (non-hydrogen) atoms. The van der Waals surface area contributed by atoms with Crippen LogP contribution >= 0.6 is 0 Å². The van der Waals surface area contributed by atoms with E-state index in [4.69, 9.17) is 4.74 Å². The topological polar surface area (TPSA) is 21.3 Å². The molecule has 1 aliphatic heterocycles. The second kappa shape index (κ2) is 5.31. The smallest absolute Gasteiger partial charge is 0.0472 e. The number of rotatable bonds is 6. The zero-order valence-electron chi connectivity index (χ0n) is 10.1. The zero-order valence-corrected chi connectivity index (χ0v) is 10.1. The van der Waals surface area contributed by atoms with Crippen molar-refractivity contribution < 1.29 is 4.74 Å². The normalized spacial score (nSPS) is 25.4. The van der Waals surface area contributed by atoms with E-state index in [1.807, 2.05) is 0 Å². The number of hydrogen-bond acceptors (Lipinski definition) is 2. The van der Waals surface area contributed by atoms with Crippen molar-refractivity contribution in [2.75, 3.05) is 26.3 Å². The molecule has 2 nitrogen and oxygen atoms in total. The summed E-state index contributed by atoms with van der Waals surface area (Å²) in [7, 11) is 0. The van der Waals surface area contributed by atoms with E-state index in [-0.39, 0.29) is 0 Å². The third kappa shape index (κ3) is 2.54. The van der Waals surface area contributed by atoms with E-state index in [2.05, 4.69) is 12.2 Å². The molecule has 2 fully saturated rings. The van der Waals surface area contributed by atoms with Crippen molar-refractivity contribution in [2.24, 2.45) is 11.3 Å². The first-order valence-corrected chi connectivity index (χ1v) is 6.66. The first-order valence-electron chi connectivity index (χ1n) is 6.66. The lowest BCUT2D eigenvalue weighted by molar-refractivity contribution is 0.0238. The van der Waals surface area contributed by atoms with Gasteiger partial charge in [-0.15, -0.1) is 0 Å². The molecule has 0 radical (unpaired) electrons. The predicted octanol–water partition coefficient (Wildman–Crippen LogP) is 2.58. The van der Waals surface area contributed by atoms with Crippen molar-refractivity contribution in [2.45, 2.75) is 45.4 Å². The van der Waals surface area contributed by atoms with Crippen LogP contribution in [0, 0.1) is 11.3 Å². The summed E-state index contributed by atoms with van der Waals surface area (Å²) < 4.78 is 5.65. The molecular formula is C13H25NO. The Morgan fingerprint density at radius 1 is 1.20 bits per heavy atom. The molecule has 1 N–H and O–H groups in total. The predicted molar refractivity (Wildman–Crippen MR) is 63.0 cm³/mol. The van der Waals surface area contributed by atoms with E-state index in [9.17, 15) is 0 Å². The van der Waals surface area contributed by atoms with Crippen LogP contribution in [0.1, 0.15) is 45.4 Å². The van der Waals surface area contributed by atoms with Gasteiger partial charge in [0.15, 0.2) is 0 Å². The van der Waals surface area contributed by atoms with E-state index < -0.39 is 0 Å². The maximum absolute atomic E-state index is 5.65. The molecule has 0 spiro atoms. The van der Waals surface area contributed by atoms with Gasteiger partial charge in [-0.1, -0.05) is 19.8 Å². The summed E-state index contributed by atoms with van der Waals surface area (Å²) in [5, 5.41) is 3.46. The fourth-order valence-corrected chi connectivity index (χ4v) is 3.18. The maximum Gasteiger partial charge on any atom is 0.0472 e. The molecule has 0 amide bonds. The summed E-state index contributed by atoms with van der Waals surface area (Å²) in [5.41, 5.74) is 0.615. The lowest BCUT2D eigenvalue weighted by atomic mass is 9.68. The van der Waals surface area contributed by atoms with Gasteiger partial charge in [0.25, 0.3) is 0 Å². The summed E-state index contributed by atoms with van der Waals surface area (Å²) in [4.78, 5) is 0.